The predicted molar refractivity (Wildman–Crippen MR) is 69.2 cm³/mol. The molecular formula is C13H16Cl2O. The van der Waals surface area contributed by atoms with Gasteiger partial charge in [0, 0.05) is 12.3 Å². The number of ketones is 1. The van der Waals surface area contributed by atoms with Crippen LogP contribution in [0, 0.1) is 11.8 Å². The molecule has 0 saturated heterocycles. The average molecular weight is 259 g/mol. The zero-order valence-electron chi connectivity index (χ0n) is 9.76. The fourth-order valence-corrected chi connectivity index (χ4v) is 1.79. The van der Waals surface area contributed by atoms with Crippen LogP contribution in [0.5, 0.6) is 0 Å². The van der Waals surface area contributed by atoms with Crippen LogP contribution in [0.3, 0.4) is 0 Å². The Hall–Kier alpha value is -0.530. The quantitative estimate of drug-likeness (QED) is 0.783. The van der Waals surface area contributed by atoms with Crippen LogP contribution in [0.15, 0.2) is 18.2 Å². The van der Waals surface area contributed by atoms with Crippen LogP contribution in [0.25, 0.3) is 0 Å². The van der Waals surface area contributed by atoms with Crippen molar-refractivity contribution >= 4 is 29.0 Å². The number of hydrogen-bond donors (Lipinski definition) is 0. The van der Waals surface area contributed by atoms with E-state index in [4.69, 9.17) is 23.2 Å². The molecule has 16 heavy (non-hydrogen) atoms. The van der Waals surface area contributed by atoms with Gasteiger partial charge in [0.25, 0.3) is 0 Å². The summed E-state index contributed by atoms with van der Waals surface area (Å²) in [5.74, 6) is 0.611. The van der Waals surface area contributed by atoms with Gasteiger partial charge in [-0.05, 0) is 17.5 Å². The summed E-state index contributed by atoms with van der Waals surface area (Å²) in [6, 6.07) is 5.39. The van der Waals surface area contributed by atoms with E-state index in [2.05, 4.69) is 0 Å². The molecule has 1 unspecified atom stereocenters. The number of carbonyl (C=O) groups excluding carboxylic acids is 1. The smallest absolute Gasteiger partial charge is 0.140 e. The van der Waals surface area contributed by atoms with E-state index >= 15 is 0 Å². The van der Waals surface area contributed by atoms with E-state index in [9.17, 15) is 4.79 Å². The third-order valence-corrected chi connectivity index (χ3v) is 3.76. The van der Waals surface area contributed by atoms with Crippen molar-refractivity contribution in [2.45, 2.75) is 27.2 Å². The third-order valence-electron chi connectivity index (χ3n) is 2.90. The molecule has 1 aromatic rings. The fraction of sp³-hybridized carbons (Fsp3) is 0.462. The highest BCUT2D eigenvalue weighted by molar-refractivity contribution is 6.42. The number of carbonyl (C=O) groups is 1. The Morgan fingerprint density at radius 2 is 1.88 bits per heavy atom. The molecule has 1 atom stereocenters. The van der Waals surface area contributed by atoms with Crippen molar-refractivity contribution < 1.29 is 4.79 Å². The summed E-state index contributed by atoms with van der Waals surface area (Å²) in [7, 11) is 0. The van der Waals surface area contributed by atoms with E-state index in [0.717, 1.165) is 5.56 Å². The topological polar surface area (TPSA) is 17.1 Å². The Morgan fingerprint density at radius 1 is 1.25 bits per heavy atom. The van der Waals surface area contributed by atoms with Gasteiger partial charge >= 0.3 is 0 Å². The molecule has 0 aliphatic rings. The molecule has 0 aliphatic carbocycles. The molecule has 0 N–H and O–H groups in total. The Bertz CT molecular complexity index is 386. The fourth-order valence-electron chi connectivity index (χ4n) is 1.41. The number of rotatable bonds is 4. The van der Waals surface area contributed by atoms with Gasteiger partial charge in [-0.1, -0.05) is 56.1 Å². The zero-order valence-corrected chi connectivity index (χ0v) is 11.3. The highest BCUT2D eigenvalue weighted by atomic mass is 35.5. The highest BCUT2D eigenvalue weighted by Crippen LogP contribution is 2.27. The van der Waals surface area contributed by atoms with Crippen LogP contribution in [0.1, 0.15) is 26.3 Å². The van der Waals surface area contributed by atoms with Crippen molar-refractivity contribution in [3.63, 3.8) is 0 Å². The van der Waals surface area contributed by atoms with Crippen LogP contribution < -0.4 is 0 Å². The third kappa shape index (κ3) is 3.23. The van der Waals surface area contributed by atoms with E-state index in [1.54, 1.807) is 6.07 Å². The summed E-state index contributed by atoms with van der Waals surface area (Å²) in [4.78, 5) is 11.9. The molecule has 0 aromatic heterocycles. The van der Waals surface area contributed by atoms with E-state index in [-0.39, 0.29) is 11.7 Å². The van der Waals surface area contributed by atoms with Crippen LogP contribution >= 0.6 is 23.2 Å². The molecule has 3 heteroatoms. The summed E-state index contributed by atoms with van der Waals surface area (Å²) in [5, 5.41) is 0.998. The summed E-state index contributed by atoms with van der Waals surface area (Å²) >= 11 is 11.9. The molecule has 1 rings (SSSR count). The number of halogens is 2. The lowest BCUT2D eigenvalue weighted by Crippen LogP contribution is -2.18. The van der Waals surface area contributed by atoms with Crippen LogP contribution in [0.4, 0.5) is 0 Å². The Labute approximate surface area is 107 Å². The second-order valence-electron chi connectivity index (χ2n) is 4.39. The molecule has 0 radical (unpaired) electrons. The first-order valence-electron chi connectivity index (χ1n) is 5.39. The molecule has 0 aliphatic heterocycles. The van der Waals surface area contributed by atoms with Gasteiger partial charge in [-0.2, -0.15) is 0 Å². The molecule has 1 aromatic carbocycles. The maximum atomic E-state index is 11.9. The lowest BCUT2D eigenvalue weighted by molar-refractivity contribution is -0.122. The average Bonchev–Trinajstić information content (AvgIpc) is 2.23. The normalized spacial score (nSPS) is 12.9. The molecule has 0 saturated carbocycles. The molecule has 1 nitrogen and oxygen atoms in total. The van der Waals surface area contributed by atoms with E-state index in [0.29, 0.717) is 22.4 Å². The van der Waals surface area contributed by atoms with Crippen molar-refractivity contribution in [1.82, 2.24) is 0 Å². The molecular weight excluding hydrogens is 243 g/mol. The molecule has 0 amide bonds. The van der Waals surface area contributed by atoms with Gasteiger partial charge < -0.3 is 0 Å². The molecule has 0 spiro atoms. The second-order valence-corrected chi connectivity index (χ2v) is 5.17. The van der Waals surface area contributed by atoms with Gasteiger partial charge in [0.2, 0.25) is 0 Å². The summed E-state index contributed by atoms with van der Waals surface area (Å²) in [6.07, 6.45) is 0.360. The van der Waals surface area contributed by atoms with Crippen LogP contribution in [-0.2, 0) is 11.2 Å². The molecule has 0 heterocycles. The molecule has 0 bridgehead atoms. The van der Waals surface area contributed by atoms with Crippen LogP contribution in [-0.4, -0.2) is 5.78 Å². The van der Waals surface area contributed by atoms with Gasteiger partial charge in [-0.25, -0.2) is 0 Å². The number of Topliss-reactive ketones (excluding diaryl/α,β-unsaturated/α-hetero) is 1. The second kappa shape index (κ2) is 5.70. The minimum Gasteiger partial charge on any atom is -0.299 e. The first-order valence-corrected chi connectivity index (χ1v) is 6.14. The van der Waals surface area contributed by atoms with E-state index in [1.165, 1.54) is 0 Å². The Kier molecular flexibility index (Phi) is 4.82. The van der Waals surface area contributed by atoms with E-state index in [1.807, 2.05) is 32.9 Å². The zero-order chi connectivity index (χ0) is 12.3. The van der Waals surface area contributed by atoms with Crippen molar-refractivity contribution in [2.75, 3.05) is 0 Å². The monoisotopic (exact) mass is 258 g/mol. The van der Waals surface area contributed by atoms with Crippen molar-refractivity contribution in [3.8, 4) is 0 Å². The lowest BCUT2D eigenvalue weighted by atomic mass is 9.90. The Balaban J connectivity index is 2.81. The Morgan fingerprint density at radius 3 is 2.44 bits per heavy atom. The van der Waals surface area contributed by atoms with Crippen molar-refractivity contribution in [3.05, 3.63) is 33.8 Å². The standard InChI is InChI=1S/C13H16Cl2O/c1-8(2)9(3)12(16)7-10-5-4-6-11(14)13(10)15/h4-6,8-9H,7H2,1-3H3. The summed E-state index contributed by atoms with van der Waals surface area (Å²) < 4.78 is 0. The minimum absolute atomic E-state index is 0.0510. The summed E-state index contributed by atoms with van der Waals surface area (Å²) in [5.41, 5.74) is 0.812. The molecule has 88 valence electrons. The van der Waals surface area contributed by atoms with Gasteiger partial charge in [-0.15, -0.1) is 0 Å². The predicted octanol–water partition coefficient (Wildman–Crippen LogP) is 4.40. The van der Waals surface area contributed by atoms with Gasteiger partial charge in [0.05, 0.1) is 10.0 Å². The number of hydrogen-bond acceptors (Lipinski definition) is 1. The summed E-state index contributed by atoms with van der Waals surface area (Å²) in [6.45, 7) is 6.04. The van der Waals surface area contributed by atoms with Crippen LogP contribution in [0.2, 0.25) is 10.0 Å². The first-order chi connectivity index (χ1) is 7.43. The SMILES string of the molecule is CC(C)C(C)C(=O)Cc1cccc(Cl)c1Cl. The van der Waals surface area contributed by atoms with Gasteiger partial charge in [0.15, 0.2) is 0 Å². The largest absolute Gasteiger partial charge is 0.299 e. The lowest BCUT2D eigenvalue weighted by Gasteiger charge is -2.14. The first kappa shape index (κ1) is 13.5. The maximum Gasteiger partial charge on any atom is 0.140 e. The highest BCUT2D eigenvalue weighted by Gasteiger charge is 2.18. The van der Waals surface area contributed by atoms with E-state index < -0.39 is 0 Å². The number of benzene rings is 1. The van der Waals surface area contributed by atoms with Gasteiger partial charge in [0.1, 0.15) is 5.78 Å². The van der Waals surface area contributed by atoms with Crippen molar-refractivity contribution in [1.29, 1.82) is 0 Å². The molecule has 0 fully saturated rings. The van der Waals surface area contributed by atoms with Gasteiger partial charge in [-0.3, -0.25) is 4.79 Å². The minimum atomic E-state index is 0.0510. The van der Waals surface area contributed by atoms with Crippen molar-refractivity contribution in [2.24, 2.45) is 11.8 Å². The maximum absolute atomic E-state index is 11.9.